The number of rotatable bonds is 6. The first-order valence-corrected chi connectivity index (χ1v) is 11.4. The summed E-state index contributed by atoms with van der Waals surface area (Å²) in [5, 5.41) is 3.73. The highest BCUT2D eigenvalue weighted by molar-refractivity contribution is 5.85. The maximum absolute atomic E-state index is 6.32. The normalized spacial score (nSPS) is 20.9. The van der Waals surface area contributed by atoms with Crippen molar-refractivity contribution in [2.75, 3.05) is 38.2 Å². The Morgan fingerprint density at radius 3 is 2.38 bits per heavy atom. The van der Waals surface area contributed by atoms with Crippen LogP contribution in [-0.2, 0) is 13.1 Å². The van der Waals surface area contributed by atoms with Crippen molar-refractivity contribution in [2.45, 2.75) is 50.9 Å². The molecule has 0 amide bonds. The first-order chi connectivity index (χ1) is 14.8. The molecule has 32 heavy (non-hydrogen) atoms. The lowest BCUT2D eigenvalue weighted by molar-refractivity contribution is 0.201. The molecule has 1 N–H and O–H groups in total. The maximum atomic E-state index is 6.32. The van der Waals surface area contributed by atoms with Crippen molar-refractivity contribution in [3.05, 3.63) is 53.6 Å². The van der Waals surface area contributed by atoms with Crippen LogP contribution in [0.5, 0.6) is 11.5 Å². The number of benzene rings is 2. The second kappa shape index (κ2) is 11.5. The summed E-state index contributed by atoms with van der Waals surface area (Å²) in [7, 11) is 1.73. The van der Waals surface area contributed by atoms with E-state index in [0.717, 1.165) is 63.6 Å². The Bertz CT molecular complexity index is 851. The number of hydrogen-bond donors (Lipinski definition) is 1. The fraction of sp³-hybridized carbons (Fsp3) is 0.520. The van der Waals surface area contributed by atoms with Crippen LogP contribution in [-0.4, -0.2) is 50.3 Å². The quantitative estimate of drug-likeness (QED) is 0.652. The van der Waals surface area contributed by atoms with E-state index in [9.17, 15) is 0 Å². The van der Waals surface area contributed by atoms with Crippen LogP contribution in [0.15, 0.2) is 42.5 Å². The summed E-state index contributed by atoms with van der Waals surface area (Å²) in [5.74, 6) is 1.74. The minimum absolute atomic E-state index is 0. The number of methoxy groups -OCH3 is 1. The van der Waals surface area contributed by atoms with E-state index in [1.54, 1.807) is 7.11 Å². The van der Waals surface area contributed by atoms with Gasteiger partial charge in [0.25, 0.3) is 0 Å². The van der Waals surface area contributed by atoms with Crippen LogP contribution in [0.3, 0.4) is 0 Å². The maximum Gasteiger partial charge on any atom is 0.163 e. The number of ether oxygens (including phenoxy) is 2. The average molecular weight is 480 g/mol. The van der Waals surface area contributed by atoms with Crippen LogP contribution in [0.2, 0.25) is 0 Å². The number of fused-ring (bicyclic) bond motifs is 1. The van der Waals surface area contributed by atoms with Crippen molar-refractivity contribution in [3.63, 3.8) is 0 Å². The third-order valence-electron chi connectivity index (χ3n) is 6.75. The number of hydrogen-bond acceptors (Lipinski definition) is 5. The molecule has 1 atom stereocenters. The van der Waals surface area contributed by atoms with E-state index in [1.807, 2.05) is 0 Å². The molecule has 0 unspecified atom stereocenters. The number of nitrogens with one attached hydrogen (secondary N) is 1. The summed E-state index contributed by atoms with van der Waals surface area (Å²) in [5.41, 5.74) is 4.20. The molecule has 0 radical (unpaired) electrons. The average Bonchev–Trinajstić information content (AvgIpc) is 3.43. The van der Waals surface area contributed by atoms with Crippen LogP contribution < -0.4 is 19.7 Å². The van der Waals surface area contributed by atoms with Crippen LogP contribution in [0, 0.1) is 0 Å². The van der Waals surface area contributed by atoms with Gasteiger partial charge in [0, 0.05) is 57.1 Å². The molecule has 5 rings (SSSR count). The predicted octanol–water partition coefficient (Wildman–Crippen LogP) is 4.65. The second-order valence-corrected chi connectivity index (χ2v) is 8.89. The molecule has 2 aromatic carbocycles. The van der Waals surface area contributed by atoms with Gasteiger partial charge in [-0.3, -0.25) is 4.90 Å². The molecule has 1 saturated heterocycles. The minimum atomic E-state index is 0. The van der Waals surface area contributed by atoms with Crippen molar-refractivity contribution < 1.29 is 9.47 Å². The first kappa shape index (κ1) is 25.0. The van der Waals surface area contributed by atoms with Crippen molar-refractivity contribution in [3.8, 4) is 11.5 Å². The zero-order chi connectivity index (χ0) is 20.3. The first-order valence-electron chi connectivity index (χ1n) is 11.4. The van der Waals surface area contributed by atoms with Crippen LogP contribution in [0.1, 0.15) is 36.8 Å². The van der Waals surface area contributed by atoms with Crippen molar-refractivity contribution in [1.82, 2.24) is 10.2 Å². The van der Waals surface area contributed by atoms with E-state index < -0.39 is 0 Å². The molecule has 1 saturated carbocycles. The van der Waals surface area contributed by atoms with Gasteiger partial charge in [0.2, 0.25) is 0 Å². The molecule has 2 heterocycles. The predicted molar refractivity (Wildman–Crippen MR) is 135 cm³/mol. The van der Waals surface area contributed by atoms with E-state index >= 15 is 0 Å². The van der Waals surface area contributed by atoms with Gasteiger partial charge in [-0.2, -0.15) is 0 Å². The van der Waals surface area contributed by atoms with Gasteiger partial charge in [-0.05, 0) is 48.9 Å². The topological polar surface area (TPSA) is 37.0 Å². The Balaban J connectivity index is 0.00000144. The van der Waals surface area contributed by atoms with Crippen LogP contribution in [0.25, 0.3) is 0 Å². The molecule has 5 nitrogen and oxygen atoms in total. The molecule has 2 aromatic rings. The van der Waals surface area contributed by atoms with E-state index in [2.05, 4.69) is 57.6 Å². The summed E-state index contributed by atoms with van der Waals surface area (Å²) in [6, 6.07) is 15.7. The molecule has 3 aliphatic rings. The van der Waals surface area contributed by atoms with Crippen LogP contribution >= 0.6 is 24.8 Å². The van der Waals surface area contributed by atoms with Gasteiger partial charge in [0.05, 0.1) is 13.2 Å². The molecule has 0 bridgehead atoms. The van der Waals surface area contributed by atoms with Crippen molar-refractivity contribution >= 4 is 30.5 Å². The summed E-state index contributed by atoms with van der Waals surface area (Å²) in [6.07, 6.45) is 5.18. The molecule has 0 aromatic heterocycles. The number of anilines is 1. The van der Waals surface area contributed by atoms with Gasteiger partial charge < -0.3 is 19.7 Å². The molecular weight excluding hydrogens is 445 g/mol. The number of nitrogens with zero attached hydrogens (tertiary/aromatic N) is 2. The smallest absolute Gasteiger partial charge is 0.163 e. The molecular formula is C25H35Cl2N3O2. The highest BCUT2D eigenvalue weighted by atomic mass is 35.5. The second-order valence-electron chi connectivity index (χ2n) is 8.89. The van der Waals surface area contributed by atoms with E-state index in [1.165, 1.54) is 29.7 Å². The van der Waals surface area contributed by atoms with E-state index in [-0.39, 0.29) is 24.8 Å². The Kier molecular flexibility index (Phi) is 8.95. The summed E-state index contributed by atoms with van der Waals surface area (Å²) >= 11 is 0. The lowest BCUT2D eigenvalue weighted by atomic mass is 10.1. The Morgan fingerprint density at radius 1 is 0.969 bits per heavy atom. The third-order valence-corrected chi connectivity index (χ3v) is 6.75. The largest absolute Gasteiger partial charge is 0.493 e. The lowest BCUT2D eigenvalue weighted by Crippen LogP contribution is -2.54. The zero-order valence-corrected chi connectivity index (χ0v) is 20.4. The monoisotopic (exact) mass is 479 g/mol. The standard InChI is InChI=1S/C25H33N3O2.2ClH/c1-29-24-11-10-22(14-25(24)30-23-8-4-5-9-23)28-13-12-26-21(18-28)17-27-15-19-6-2-3-7-20(19)16-27;;/h2-3,6-7,10-11,14,21,23,26H,4-5,8-9,12-13,15-18H2,1H3;2*1H/t21-;;/m0../s1. The van der Waals surface area contributed by atoms with Crippen molar-refractivity contribution in [1.29, 1.82) is 0 Å². The van der Waals surface area contributed by atoms with Gasteiger partial charge in [-0.1, -0.05) is 24.3 Å². The van der Waals surface area contributed by atoms with Gasteiger partial charge in [-0.25, -0.2) is 0 Å². The van der Waals surface area contributed by atoms with E-state index in [0.29, 0.717) is 12.1 Å². The molecule has 2 aliphatic heterocycles. The SMILES string of the molecule is COc1ccc(N2CCN[C@@H](CN3Cc4ccccc4C3)C2)cc1OC1CCCC1.Cl.Cl. The lowest BCUT2D eigenvalue weighted by Gasteiger charge is -2.37. The summed E-state index contributed by atoms with van der Waals surface area (Å²) < 4.78 is 11.9. The van der Waals surface area contributed by atoms with E-state index in [4.69, 9.17) is 9.47 Å². The number of piperazine rings is 1. The molecule has 176 valence electrons. The van der Waals surface area contributed by atoms with Crippen LogP contribution in [0.4, 0.5) is 5.69 Å². The zero-order valence-electron chi connectivity index (χ0n) is 18.8. The molecule has 7 heteroatoms. The highest BCUT2D eigenvalue weighted by Gasteiger charge is 2.26. The molecule has 0 spiro atoms. The van der Waals surface area contributed by atoms with Gasteiger partial charge in [0.1, 0.15) is 0 Å². The Labute approximate surface area is 204 Å². The molecule has 1 aliphatic carbocycles. The third kappa shape index (κ3) is 5.63. The minimum Gasteiger partial charge on any atom is -0.493 e. The van der Waals surface area contributed by atoms with Gasteiger partial charge in [0.15, 0.2) is 11.5 Å². The van der Waals surface area contributed by atoms with Gasteiger partial charge >= 0.3 is 0 Å². The van der Waals surface area contributed by atoms with Gasteiger partial charge in [-0.15, -0.1) is 24.8 Å². The fourth-order valence-corrected chi connectivity index (χ4v) is 5.17. The Hall–Kier alpha value is -1.66. The summed E-state index contributed by atoms with van der Waals surface area (Å²) in [6.45, 7) is 6.25. The summed E-state index contributed by atoms with van der Waals surface area (Å²) in [4.78, 5) is 5.06. The molecule has 2 fully saturated rings. The van der Waals surface area contributed by atoms with Crippen molar-refractivity contribution in [2.24, 2.45) is 0 Å². The highest BCUT2D eigenvalue weighted by Crippen LogP contribution is 2.35. The number of halogens is 2. The fourth-order valence-electron chi connectivity index (χ4n) is 5.17. The Morgan fingerprint density at radius 2 is 1.69 bits per heavy atom.